The summed E-state index contributed by atoms with van der Waals surface area (Å²) in [5.74, 6) is 1.01. The third-order valence-electron chi connectivity index (χ3n) is 4.52. The normalized spacial score (nSPS) is 10.9. The van der Waals surface area contributed by atoms with Crippen LogP contribution in [0, 0.1) is 0 Å². The van der Waals surface area contributed by atoms with Crippen LogP contribution >= 0.6 is 0 Å². The summed E-state index contributed by atoms with van der Waals surface area (Å²) in [4.78, 5) is 20.1. The van der Waals surface area contributed by atoms with Crippen LogP contribution in [0.5, 0.6) is 11.5 Å². The molecule has 0 saturated heterocycles. The van der Waals surface area contributed by atoms with Crippen LogP contribution in [0.15, 0.2) is 48.8 Å². The molecule has 2 N–H and O–H groups in total. The molecule has 0 aliphatic rings. The van der Waals surface area contributed by atoms with E-state index in [0.717, 1.165) is 11.1 Å². The van der Waals surface area contributed by atoms with Crippen molar-refractivity contribution in [2.75, 3.05) is 19.5 Å². The maximum absolute atomic E-state index is 11.4. The Labute approximate surface area is 160 Å². The number of nitrogens with one attached hydrogen (secondary N) is 1. The van der Waals surface area contributed by atoms with Gasteiger partial charge in [-0.2, -0.15) is 0 Å². The number of carboxylic acids is 1. The number of ether oxygens (including phenoxy) is 2. The third-order valence-corrected chi connectivity index (χ3v) is 4.52. The van der Waals surface area contributed by atoms with Crippen molar-refractivity contribution in [3.05, 3.63) is 59.9 Å². The number of rotatable bonds is 6. The van der Waals surface area contributed by atoms with Gasteiger partial charge in [0, 0.05) is 18.2 Å². The van der Waals surface area contributed by atoms with Gasteiger partial charge in [0.05, 0.1) is 48.7 Å². The van der Waals surface area contributed by atoms with Crippen LogP contribution in [0.2, 0.25) is 0 Å². The Morgan fingerprint density at radius 2 is 1.93 bits per heavy atom. The van der Waals surface area contributed by atoms with E-state index in [2.05, 4.69) is 15.3 Å². The lowest BCUT2D eigenvalue weighted by Crippen LogP contribution is -2.06. The van der Waals surface area contributed by atoms with Crippen molar-refractivity contribution in [1.82, 2.24) is 14.4 Å². The molecule has 2 aromatic heterocycles. The van der Waals surface area contributed by atoms with Gasteiger partial charge in [0.15, 0.2) is 0 Å². The van der Waals surface area contributed by atoms with Crippen LogP contribution < -0.4 is 14.8 Å². The zero-order valence-electron chi connectivity index (χ0n) is 15.3. The predicted octanol–water partition coefficient (Wildman–Crippen LogP) is 3.21. The van der Waals surface area contributed by atoms with E-state index in [0.29, 0.717) is 35.0 Å². The number of hydrogen-bond donors (Lipinski definition) is 2. The molecule has 0 saturated carbocycles. The monoisotopic (exact) mass is 378 g/mol. The molecule has 0 unspecified atom stereocenters. The summed E-state index contributed by atoms with van der Waals surface area (Å²) >= 11 is 0. The van der Waals surface area contributed by atoms with Gasteiger partial charge in [0.25, 0.3) is 0 Å². The molecule has 142 valence electrons. The maximum Gasteiger partial charge on any atom is 0.335 e. The van der Waals surface area contributed by atoms with Gasteiger partial charge in [-0.15, -0.1) is 0 Å². The fourth-order valence-corrected chi connectivity index (χ4v) is 3.09. The minimum atomic E-state index is -0.989. The van der Waals surface area contributed by atoms with Gasteiger partial charge in [-0.3, -0.25) is 9.38 Å². The Morgan fingerprint density at radius 1 is 1.11 bits per heavy atom. The highest BCUT2D eigenvalue weighted by atomic mass is 16.5. The van der Waals surface area contributed by atoms with E-state index in [4.69, 9.17) is 9.47 Å². The maximum atomic E-state index is 11.4. The summed E-state index contributed by atoms with van der Waals surface area (Å²) in [6.07, 6.45) is 3.39. The summed E-state index contributed by atoms with van der Waals surface area (Å²) in [7, 11) is 3.21. The van der Waals surface area contributed by atoms with Gasteiger partial charge >= 0.3 is 5.97 Å². The van der Waals surface area contributed by atoms with Crippen LogP contribution in [-0.4, -0.2) is 39.7 Å². The molecule has 0 aliphatic heterocycles. The molecule has 0 atom stereocenters. The largest absolute Gasteiger partial charge is 0.497 e. The van der Waals surface area contributed by atoms with Crippen molar-refractivity contribution in [3.63, 3.8) is 0 Å². The molecule has 2 aromatic carbocycles. The summed E-state index contributed by atoms with van der Waals surface area (Å²) in [5, 5.41) is 12.6. The van der Waals surface area contributed by atoms with Crippen molar-refractivity contribution < 1.29 is 19.4 Å². The van der Waals surface area contributed by atoms with Crippen LogP contribution in [-0.2, 0) is 6.54 Å². The Balaban J connectivity index is 1.73. The molecule has 8 nitrogen and oxygen atoms in total. The van der Waals surface area contributed by atoms with E-state index in [-0.39, 0.29) is 5.56 Å². The highest BCUT2D eigenvalue weighted by molar-refractivity contribution is 5.93. The molecule has 8 heteroatoms. The quantitative estimate of drug-likeness (QED) is 0.532. The second-order valence-corrected chi connectivity index (χ2v) is 6.14. The van der Waals surface area contributed by atoms with Crippen molar-refractivity contribution in [2.24, 2.45) is 0 Å². The number of nitrogens with zero attached hydrogens (tertiary/aromatic N) is 3. The standard InChI is InChI=1S/C20H18N4O4/c1-27-15-5-3-13(18(8-15)28-2)9-22-20-23-11-14-10-21-16-6-4-12(19(25)26)7-17(16)24(14)20/h3-8,10-11H,9H2,1-2H3,(H,22,23)(H,25,26). The van der Waals surface area contributed by atoms with Crippen molar-refractivity contribution in [2.45, 2.75) is 6.54 Å². The van der Waals surface area contributed by atoms with E-state index in [1.54, 1.807) is 38.7 Å². The first-order chi connectivity index (χ1) is 13.6. The summed E-state index contributed by atoms with van der Waals surface area (Å²) in [6, 6.07) is 10.4. The molecule has 0 amide bonds. The number of hydrogen-bond acceptors (Lipinski definition) is 6. The minimum absolute atomic E-state index is 0.193. The van der Waals surface area contributed by atoms with E-state index in [1.165, 1.54) is 6.07 Å². The minimum Gasteiger partial charge on any atom is -0.497 e. The summed E-state index contributed by atoms with van der Waals surface area (Å²) < 4.78 is 12.5. The number of fused-ring (bicyclic) bond motifs is 3. The molecule has 0 bridgehead atoms. The fourth-order valence-electron chi connectivity index (χ4n) is 3.09. The summed E-state index contributed by atoms with van der Waals surface area (Å²) in [5.41, 5.74) is 3.24. The van der Waals surface area contributed by atoms with E-state index in [9.17, 15) is 9.90 Å². The Hall–Kier alpha value is -3.81. The average Bonchev–Trinajstić information content (AvgIpc) is 3.15. The second kappa shape index (κ2) is 7.07. The first-order valence-electron chi connectivity index (χ1n) is 8.55. The molecular formula is C20H18N4O4. The molecule has 4 rings (SSSR count). The predicted molar refractivity (Wildman–Crippen MR) is 104 cm³/mol. The molecule has 2 heterocycles. The lowest BCUT2D eigenvalue weighted by Gasteiger charge is -2.12. The fraction of sp³-hybridized carbons (Fsp3) is 0.150. The molecule has 28 heavy (non-hydrogen) atoms. The second-order valence-electron chi connectivity index (χ2n) is 6.14. The van der Waals surface area contributed by atoms with Crippen molar-refractivity contribution >= 4 is 28.5 Å². The molecule has 0 radical (unpaired) electrons. The SMILES string of the molecule is COc1ccc(CNc2ncc3cnc4ccc(C(=O)O)cc4n23)c(OC)c1. The Kier molecular flexibility index (Phi) is 4.44. The smallest absolute Gasteiger partial charge is 0.335 e. The zero-order chi connectivity index (χ0) is 19.7. The molecule has 0 fully saturated rings. The third kappa shape index (κ3) is 3.05. The number of carboxylic acid groups (broad SMARTS) is 1. The highest BCUT2D eigenvalue weighted by Gasteiger charge is 2.12. The summed E-state index contributed by atoms with van der Waals surface area (Å²) in [6.45, 7) is 0.467. The number of methoxy groups -OCH3 is 2. The Morgan fingerprint density at radius 3 is 2.68 bits per heavy atom. The molecular weight excluding hydrogens is 360 g/mol. The van der Waals surface area contributed by atoms with Crippen LogP contribution in [0.3, 0.4) is 0 Å². The van der Waals surface area contributed by atoms with Crippen LogP contribution in [0.25, 0.3) is 16.6 Å². The van der Waals surface area contributed by atoms with Gasteiger partial charge in [-0.05, 0) is 30.3 Å². The topological polar surface area (TPSA) is 98.0 Å². The van der Waals surface area contributed by atoms with Crippen molar-refractivity contribution in [3.8, 4) is 11.5 Å². The van der Waals surface area contributed by atoms with E-state index in [1.807, 2.05) is 22.6 Å². The highest BCUT2D eigenvalue weighted by Crippen LogP contribution is 2.26. The Bertz CT molecular complexity index is 1190. The van der Waals surface area contributed by atoms with Gasteiger partial charge in [-0.1, -0.05) is 0 Å². The lowest BCUT2D eigenvalue weighted by atomic mass is 10.2. The number of anilines is 1. The van der Waals surface area contributed by atoms with Crippen LogP contribution in [0.4, 0.5) is 5.95 Å². The van der Waals surface area contributed by atoms with Gasteiger partial charge in [0.2, 0.25) is 5.95 Å². The number of imidazole rings is 1. The van der Waals surface area contributed by atoms with E-state index >= 15 is 0 Å². The average molecular weight is 378 g/mol. The number of aromatic nitrogens is 3. The zero-order valence-corrected chi connectivity index (χ0v) is 15.3. The number of carbonyl (C=O) groups is 1. The first kappa shape index (κ1) is 17.6. The molecule has 0 aliphatic carbocycles. The lowest BCUT2D eigenvalue weighted by molar-refractivity contribution is 0.0697. The molecule has 0 spiro atoms. The van der Waals surface area contributed by atoms with Gasteiger partial charge < -0.3 is 19.9 Å². The van der Waals surface area contributed by atoms with Crippen LogP contribution in [0.1, 0.15) is 15.9 Å². The number of benzene rings is 2. The van der Waals surface area contributed by atoms with Crippen molar-refractivity contribution in [1.29, 1.82) is 0 Å². The van der Waals surface area contributed by atoms with Gasteiger partial charge in [-0.25, -0.2) is 9.78 Å². The number of aromatic carboxylic acids is 1. The molecule has 4 aromatic rings. The van der Waals surface area contributed by atoms with Gasteiger partial charge in [0.1, 0.15) is 11.5 Å². The van der Waals surface area contributed by atoms with E-state index < -0.39 is 5.97 Å². The first-order valence-corrected chi connectivity index (χ1v) is 8.55.